The van der Waals surface area contributed by atoms with E-state index in [4.69, 9.17) is 0 Å². The second-order valence-corrected chi connectivity index (χ2v) is 9.62. The highest BCUT2D eigenvalue weighted by atomic mass is 31.2. The Balaban J connectivity index is 1.70. The summed E-state index contributed by atoms with van der Waals surface area (Å²) in [6, 6.07) is 9.87. The van der Waals surface area contributed by atoms with E-state index in [-0.39, 0.29) is 30.7 Å². The van der Waals surface area contributed by atoms with Gasteiger partial charge in [-0.05, 0) is 37.7 Å². The molecule has 0 spiro atoms. The molecule has 0 heterocycles. The van der Waals surface area contributed by atoms with Crippen molar-refractivity contribution in [2.24, 2.45) is 5.92 Å². The molecule has 1 saturated carbocycles. The summed E-state index contributed by atoms with van der Waals surface area (Å²) in [5.41, 5.74) is 1.06. The first-order valence-corrected chi connectivity index (χ1v) is 11.1. The molecule has 0 aromatic heterocycles. The molecule has 1 aliphatic rings. The van der Waals surface area contributed by atoms with Crippen molar-refractivity contribution in [3.8, 4) is 0 Å². The predicted octanol–water partition coefficient (Wildman–Crippen LogP) is 3.97. The molecular formula is C19H30NO3P. The van der Waals surface area contributed by atoms with Gasteiger partial charge >= 0.3 is 0 Å². The Hall–Kier alpha value is -1.12. The minimum atomic E-state index is -3.25. The highest BCUT2D eigenvalue weighted by molar-refractivity contribution is 7.58. The van der Waals surface area contributed by atoms with Gasteiger partial charge in [0.05, 0.1) is 0 Å². The highest BCUT2D eigenvalue weighted by Gasteiger charge is 2.23. The lowest BCUT2D eigenvalue weighted by Gasteiger charge is -2.28. The molecule has 24 heavy (non-hydrogen) atoms. The van der Waals surface area contributed by atoms with Gasteiger partial charge in [0, 0.05) is 24.8 Å². The van der Waals surface area contributed by atoms with Gasteiger partial charge in [-0.25, -0.2) is 0 Å². The van der Waals surface area contributed by atoms with E-state index in [1.165, 1.54) is 32.1 Å². The van der Waals surface area contributed by atoms with E-state index < -0.39 is 7.37 Å². The molecule has 2 rings (SSSR count). The Labute approximate surface area is 145 Å². The maximum absolute atomic E-state index is 12.3. The molecule has 1 amide bonds. The Kier molecular flexibility index (Phi) is 7.51. The summed E-state index contributed by atoms with van der Waals surface area (Å²) in [5, 5.41) is 3.02. The van der Waals surface area contributed by atoms with Crippen LogP contribution in [-0.4, -0.2) is 29.2 Å². The van der Waals surface area contributed by atoms with Crippen LogP contribution in [0, 0.1) is 5.92 Å². The van der Waals surface area contributed by atoms with Crippen LogP contribution in [0.4, 0.5) is 0 Å². The van der Waals surface area contributed by atoms with Gasteiger partial charge in [-0.3, -0.25) is 9.36 Å². The topological polar surface area (TPSA) is 66.4 Å². The van der Waals surface area contributed by atoms with Crippen LogP contribution in [0.3, 0.4) is 0 Å². The molecule has 0 aliphatic heterocycles. The quantitative estimate of drug-likeness (QED) is 0.696. The SMILES string of the molecule is CC(NC(=O)CCP(=O)(O)CCc1ccccc1)C1CCCCC1. The minimum absolute atomic E-state index is 0.0725. The number of nitrogens with one attached hydrogen (secondary N) is 1. The number of aryl methyl sites for hydroxylation is 1. The van der Waals surface area contributed by atoms with Crippen molar-refractivity contribution in [1.82, 2.24) is 5.32 Å². The van der Waals surface area contributed by atoms with Crippen LogP contribution >= 0.6 is 7.37 Å². The molecule has 0 bridgehead atoms. The van der Waals surface area contributed by atoms with Gasteiger partial charge in [-0.15, -0.1) is 0 Å². The monoisotopic (exact) mass is 351 g/mol. The number of amides is 1. The third kappa shape index (κ3) is 6.78. The summed E-state index contributed by atoms with van der Waals surface area (Å²) in [5.74, 6) is 0.462. The van der Waals surface area contributed by atoms with Crippen LogP contribution in [0.15, 0.2) is 30.3 Å². The second-order valence-electron chi connectivity index (χ2n) is 7.03. The normalized spacial score (nSPS) is 19.4. The van der Waals surface area contributed by atoms with Gasteiger partial charge in [-0.1, -0.05) is 49.6 Å². The molecule has 0 saturated heterocycles. The van der Waals surface area contributed by atoms with Crippen LogP contribution in [-0.2, 0) is 15.8 Å². The van der Waals surface area contributed by atoms with Gasteiger partial charge in [0.1, 0.15) is 0 Å². The van der Waals surface area contributed by atoms with Crippen molar-refractivity contribution < 1.29 is 14.3 Å². The molecule has 0 radical (unpaired) electrons. The highest BCUT2D eigenvalue weighted by Crippen LogP contribution is 2.41. The molecule has 1 fully saturated rings. The zero-order valence-electron chi connectivity index (χ0n) is 14.6. The van der Waals surface area contributed by atoms with E-state index in [0.717, 1.165) is 5.56 Å². The summed E-state index contributed by atoms with van der Waals surface area (Å²) in [6.07, 6.45) is 7.17. The van der Waals surface area contributed by atoms with E-state index in [9.17, 15) is 14.3 Å². The fraction of sp³-hybridized carbons (Fsp3) is 0.632. The van der Waals surface area contributed by atoms with Crippen molar-refractivity contribution >= 4 is 13.3 Å². The smallest absolute Gasteiger partial charge is 0.220 e. The van der Waals surface area contributed by atoms with Crippen molar-refractivity contribution in [3.63, 3.8) is 0 Å². The maximum atomic E-state index is 12.3. The fourth-order valence-electron chi connectivity index (χ4n) is 3.41. The minimum Gasteiger partial charge on any atom is -0.353 e. The van der Waals surface area contributed by atoms with E-state index in [1.807, 2.05) is 30.3 Å². The van der Waals surface area contributed by atoms with Gasteiger partial charge in [0.2, 0.25) is 13.3 Å². The molecule has 2 unspecified atom stereocenters. The summed E-state index contributed by atoms with van der Waals surface area (Å²) in [6.45, 7) is 2.06. The van der Waals surface area contributed by atoms with Gasteiger partial charge in [0.25, 0.3) is 0 Å². The summed E-state index contributed by atoms with van der Waals surface area (Å²) in [7, 11) is -3.25. The molecule has 5 heteroatoms. The molecule has 2 N–H and O–H groups in total. The van der Waals surface area contributed by atoms with Crippen LogP contribution in [0.2, 0.25) is 0 Å². The van der Waals surface area contributed by atoms with Crippen molar-refractivity contribution in [2.45, 2.75) is 57.9 Å². The lowest BCUT2D eigenvalue weighted by molar-refractivity contribution is -0.121. The third-order valence-corrected chi connectivity index (χ3v) is 6.87. The molecule has 134 valence electrons. The lowest BCUT2D eigenvalue weighted by Crippen LogP contribution is -2.39. The van der Waals surface area contributed by atoms with E-state index in [1.54, 1.807) is 0 Å². The van der Waals surface area contributed by atoms with Crippen LogP contribution in [0.25, 0.3) is 0 Å². The largest absolute Gasteiger partial charge is 0.353 e. The number of hydrogen-bond donors (Lipinski definition) is 2. The molecular weight excluding hydrogens is 321 g/mol. The van der Waals surface area contributed by atoms with Crippen molar-refractivity contribution in [3.05, 3.63) is 35.9 Å². The van der Waals surface area contributed by atoms with Gasteiger partial charge < -0.3 is 10.2 Å². The maximum Gasteiger partial charge on any atom is 0.220 e. The third-order valence-electron chi connectivity index (χ3n) is 5.03. The van der Waals surface area contributed by atoms with Crippen LogP contribution in [0.1, 0.15) is 51.0 Å². The number of carbonyl (C=O) groups excluding carboxylic acids is 1. The average molecular weight is 351 g/mol. The molecule has 1 aliphatic carbocycles. The van der Waals surface area contributed by atoms with E-state index >= 15 is 0 Å². The average Bonchev–Trinajstić information content (AvgIpc) is 2.60. The van der Waals surface area contributed by atoms with Gasteiger partial charge in [0.15, 0.2) is 0 Å². The summed E-state index contributed by atoms with van der Waals surface area (Å²) in [4.78, 5) is 22.2. The zero-order chi connectivity index (χ0) is 17.4. The number of hydrogen-bond acceptors (Lipinski definition) is 2. The molecule has 4 nitrogen and oxygen atoms in total. The van der Waals surface area contributed by atoms with Crippen molar-refractivity contribution in [1.29, 1.82) is 0 Å². The number of benzene rings is 1. The molecule has 2 atom stereocenters. The number of carbonyl (C=O) groups is 1. The Bertz CT molecular complexity index is 555. The first-order chi connectivity index (χ1) is 11.5. The first-order valence-electron chi connectivity index (χ1n) is 9.10. The van der Waals surface area contributed by atoms with Crippen LogP contribution in [0.5, 0.6) is 0 Å². The zero-order valence-corrected chi connectivity index (χ0v) is 15.5. The Morgan fingerprint density at radius 2 is 1.88 bits per heavy atom. The Morgan fingerprint density at radius 1 is 1.21 bits per heavy atom. The molecule has 1 aromatic carbocycles. The first kappa shape index (κ1) is 19.2. The standard InChI is InChI=1S/C19H30NO3P/c1-16(18-10-6-3-7-11-18)20-19(21)13-15-24(22,23)14-12-17-8-4-2-5-9-17/h2,4-5,8-9,16,18H,3,6-7,10-15H2,1H3,(H,20,21)(H,22,23). The number of rotatable bonds is 8. The molecule has 1 aromatic rings. The summed E-state index contributed by atoms with van der Waals surface area (Å²) >= 11 is 0. The lowest BCUT2D eigenvalue weighted by atomic mass is 9.84. The Morgan fingerprint density at radius 3 is 2.54 bits per heavy atom. The van der Waals surface area contributed by atoms with E-state index in [0.29, 0.717) is 12.3 Å². The second kappa shape index (κ2) is 9.39. The van der Waals surface area contributed by atoms with E-state index in [2.05, 4.69) is 12.2 Å². The van der Waals surface area contributed by atoms with Crippen molar-refractivity contribution in [2.75, 3.05) is 12.3 Å². The van der Waals surface area contributed by atoms with Crippen LogP contribution < -0.4 is 5.32 Å². The summed E-state index contributed by atoms with van der Waals surface area (Å²) < 4.78 is 12.3. The fourth-order valence-corrected chi connectivity index (χ4v) is 4.80. The predicted molar refractivity (Wildman–Crippen MR) is 98.5 cm³/mol. The van der Waals surface area contributed by atoms with Gasteiger partial charge in [-0.2, -0.15) is 0 Å².